The van der Waals surface area contributed by atoms with Gasteiger partial charge in [0.25, 0.3) is 0 Å². The van der Waals surface area contributed by atoms with Crippen LogP contribution in [-0.2, 0) is 33.6 Å². The van der Waals surface area contributed by atoms with Gasteiger partial charge in [0.1, 0.15) is 59.8 Å². The largest absolute Gasteiger partial charge is 0.508 e. The molecule has 7 amide bonds. The summed E-state index contributed by atoms with van der Waals surface area (Å²) in [6, 6.07) is -3.80. The van der Waals surface area contributed by atoms with E-state index in [9.17, 15) is 84.8 Å². The van der Waals surface area contributed by atoms with Gasteiger partial charge in [0.05, 0.1) is 36.9 Å². The molecule has 3 fully saturated rings. The summed E-state index contributed by atoms with van der Waals surface area (Å²) in [5.74, 6) is -7.24. The maximum Gasteiger partial charge on any atom is 0.248 e. The average molecular weight is 1060 g/mol. The lowest BCUT2D eigenvalue weighted by Crippen LogP contribution is -2.66. The van der Waals surface area contributed by atoms with Crippen LogP contribution < -0.4 is 26.6 Å². The molecule has 24 nitrogen and oxygen atoms in total. The molecule has 0 aromatic heterocycles. The SMILES string of the molecule is CCC(C)CC(C)CCCCCCCCC(=O)NC1C[C@@H](O)[C@@H](O)NC(=O)[C@@H]2[C@@H](O)CCN2C(=O)[C@H]([C@H](O)CC#N)NC(=O)[C@H]([C@H](O)[C@@H](O)c2ccc(O)cc2)NC(=O)[C@]2(C)C[C@@H](O)CN2C(=O)[C@H]([C@@H](C)O)NC1=O. The highest BCUT2D eigenvalue weighted by molar-refractivity contribution is 5.99. The number of hydrogen-bond acceptors (Lipinski definition) is 17. The highest BCUT2D eigenvalue weighted by Crippen LogP contribution is 2.32. The Kier molecular flexibility index (Phi) is 23.6. The zero-order valence-electron chi connectivity index (χ0n) is 43.5. The second kappa shape index (κ2) is 28.6. The number of β-amino-alcohol motifs (C(OH)–C–C–N with tert-alkyl or cyclic N) is 1. The fourth-order valence-electron chi connectivity index (χ4n) is 10.0. The van der Waals surface area contributed by atoms with E-state index >= 15 is 0 Å². The highest BCUT2D eigenvalue weighted by Gasteiger charge is 2.54. The number of benzene rings is 1. The van der Waals surface area contributed by atoms with Crippen LogP contribution in [0.1, 0.15) is 136 Å². The number of aromatic hydroxyl groups is 1. The summed E-state index contributed by atoms with van der Waals surface area (Å²) in [6.07, 6.45) is -9.72. The second-order valence-electron chi connectivity index (χ2n) is 20.9. The lowest BCUT2D eigenvalue weighted by Gasteiger charge is -2.38. The van der Waals surface area contributed by atoms with Crippen molar-refractivity contribution in [3.63, 3.8) is 0 Å². The van der Waals surface area contributed by atoms with Crippen molar-refractivity contribution in [1.82, 2.24) is 36.4 Å². The van der Waals surface area contributed by atoms with Crippen molar-refractivity contribution in [3.05, 3.63) is 29.8 Å². The van der Waals surface area contributed by atoms with Crippen LogP contribution in [0, 0.1) is 23.2 Å². The standard InChI is InChI=1S/C51H80N8O16/c1-6-27(2)23-28(3)13-11-9-7-8-10-12-14-37(66)53-33-24-36(65)45(70)57-47(72)41-35(64)20-22-58(41)48(73)39(34(63)19-21-52)55-46(71)40(43(68)42(67)30-15-17-31(61)18-16-30)56-50(75)51(5)25-32(62)26-59(51)49(74)38(29(4)60)54-44(33)69/h15-18,27-29,32-36,38-43,45,60-65,67-68,70H,6-14,19-20,22-26H2,1-5H3,(H,53,66)(H,54,69)(H,55,71)(H,56,75)(H,57,72)/t27?,28?,29-,32-,33?,34-,35+,36-,38+,39+,40+,41+,42+,43+,45-,51+/m1/s1. The molecule has 4 rings (SSSR count). The molecule has 16 atom stereocenters. The molecule has 3 unspecified atom stereocenters. The molecule has 14 N–H and O–H groups in total. The molecule has 1 aromatic carbocycles. The van der Waals surface area contributed by atoms with E-state index < -0.39 is 158 Å². The van der Waals surface area contributed by atoms with Crippen molar-refractivity contribution in [1.29, 1.82) is 5.26 Å². The Balaban J connectivity index is 1.71. The molecule has 420 valence electrons. The number of carbonyl (C=O) groups is 7. The number of nitrogens with one attached hydrogen (secondary N) is 5. The number of unbranched alkanes of at least 4 members (excludes halogenated alkanes) is 5. The van der Waals surface area contributed by atoms with Crippen LogP contribution in [0.15, 0.2) is 24.3 Å². The number of hydrogen-bond donors (Lipinski definition) is 14. The number of nitrogens with zero attached hydrogens (tertiary/aromatic N) is 3. The first-order valence-corrected chi connectivity index (χ1v) is 26.1. The minimum atomic E-state index is -2.34. The molecule has 75 heavy (non-hydrogen) atoms. The quantitative estimate of drug-likeness (QED) is 0.0672. The first kappa shape index (κ1) is 62.0. The zero-order chi connectivity index (χ0) is 55.9. The van der Waals surface area contributed by atoms with Crippen LogP contribution in [0.4, 0.5) is 0 Å². The topological polar surface area (TPSA) is 392 Å². The number of phenols is 1. The fraction of sp³-hybridized carbons (Fsp3) is 0.725. The minimum absolute atomic E-state index is 0.0739. The van der Waals surface area contributed by atoms with Crippen LogP contribution in [0.3, 0.4) is 0 Å². The third kappa shape index (κ3) is 16.7. The van der Waals surface area contributed by atoms with E-state index in [1.165, 1.54) is 18.6 Å². The fourth-order valence-corrected chi connectivity index (χ4v) is 10.0. The van der Waals surface area contributed by atoms with Gasteiger partial charge in [-0.1, -0.05) is 77.8 Å². The third-order valence-electron chi connectivity index (χ3n) is 14.7. The normalized spacial score (nSPS) is 29.9. The Morgan fingerprint density at radius 3 is 2.05 bits per heavy atom. The van der Waals surface area contributed by atoms with Crippen molar-refractivity contribution in [3.8, 4) is 11.8 Å². The lowest BCUT2D eigenvalue weighted by atomic mass is 9.91. The van der Waals surface area contributed by atoms with Gasteiger partial charge in [0, 0.05) is 32.4 Å². The van der Waals surface area contributed by atoms with Gasteiger partial charge in [0.2, 0.25) is 41.4 Å². The average Bonchev–Trinajstić information content (AvgIpc) is 3.91. The smallest absolute Gasteiger partial charge is 0.248 e. The molecule has 24 heteroatoms. The monoisotopic (exact) mass is 1060 g/mol. The molecule has 3 aliphatic heterocycles. The summed E-state index contributed by atoms with van der Waals surface area (Å²) in [5.41, 5.74) is -2.29. The van der Waals surface area contributed by atoms with Gasteiger partial charge in [-0.25, -0.2) is 0 Å². The molecule has 0 radical (unpaired) electrons. The Labute approximate surface area is 437 Å². The van der Waals surface area contributed by atoms with Crippen molar-refractivity contribution in [2.75, 3.05) is 13.1 Å². The Hall–Kier alpha value is -5.52. The van der Waals surface area contributed by atoms with E-state index in [2.05, 4.69) is 47.4 Å². The van der Waals surface area contributed by atoms with E-state index in [-0.39, 0.29) is 24.2 Å². The second-order valence-corrected chi connectivity index (χ2v) is 20.9. The Bertz CT molecular complexity index is 2150. The van der Waals surface area contributed by atoms with Crippen LogP contribution in [0.2, 0.25) is 0 Å². The molecule has 1 aromatic rings. The number of phenolic OH excluding ortho intramolecular Hbond substituents is 1. The number of carbonyl (C=O) groups excluding carboxylic acids is 7. The molecular weight excluding hydrogens is 981 g/mol. The number of fused-ring (bicyclic) bond motifs is 2. The number of aliphatic hydroxyl groups excluding tert-OH is 8. The molecule has 0 aliphatic carbocycles. The number of amides is 7. The summed E-state index contributed by atoms with van der Waals surface area (Å²) in [6.45, 7) is 7.97. The summed E-state index contributed by atoms with van der Waals surface area (Å²) >= 11 is 0. The predicted octanol–water partition coefficient (Wildman–Crippen LogP) is -1.91. The number of aliphatic hydroxyl groups is 8. The van der Waals surface area contributed by atoms with Crippen molar-refractivity contribution in [2.24, 2.45) is 11.8 Å². The van der Waals surface area contributed by atoms with Gasteiger partial charge in [-0.2, -0.15) is 5.26 Å². The highest BCUT2D eigenvalue weighted by atomic mass is 16.3. The van der Waals surface area contributed by atoms with E-state index in [0.29, 0.717) is 24.7 Å². The first-order valence-electron chi connectivity index (χ1n) is 26.1. The minimum Gasteiger partial charge on any atom is -0.508 e. The van der Waals surface area contributed by atoms with Gasteiger partial charge >= 0.3 is 0 Å². The molecule has 0 saturated carbocycles. The zero-order valence-corrected chi connectivity index (χ0v) is 43.5. The van der Waals surface area contributed by atoms with Crippen LogP contribution in [-0.4, -0.2) is 189 Å². The van der Waals surface area contributed by atoms with Crippen molar-refractivity contribution >= 4 is 41.4 Å². The van der Waals surface area contributed by atoms with E-state index in [0.717, 1.165) is 74.3 Å². The third-order valence-corrected chi connectivity index (χ3v) is 14.7. The van der Waals surface area contributed by atoms with Gasteiger partial charge < -0.3 is 82.3 Å². The summed E-state index contributed by atoms with van der Waals surface area (Å²) in [4.78, 5) is 101. The summed E-state index contributed by atoms with van der Waals surface area (Å²) in [7, 11) is 0. The van der Waals surface area contributed by atoms with E-state index in [4.69, 9.17) is 0 Å². The maximum atomic E-state index is 14.6. The maximum absolute atomic E-state index is 14.6. The molecule has 0 bridgehead atoms. The molecular formula is C51H80N8O16. The molecule has 0 spiro atoms. The Morgan fingerprint density at radius 1 is 0.800 bits per heavy atom. The Morgan fingerprint density at radius 2 is 1.43 bits per heavy atom. The van der Waals surface area contributed by atoms with E-state index in [1.54, 1.807) is 6.07 Å². The molecule has 3 heterocycles. The number of nitriles is 1. The molecule has 3 aliphatic rings. The summed E-state index contributed by atoms with van der Waals surface area (Å²) in [5, 5.41) is 120. The van der Waals surface area contributed by atoms with Gasteiger partial charge in [0.15, 0.2) is 6.23 Å². The van der Waals surface area contributed by atoms with Crippen LogP contribution in [0.5, 0.6) is 5.75 Å². The van der Waals surface area contributed by atoms with Crippen LogP contribution >= 0.6 is 0 Å². The lowest BCUT2D eigenvalue weighted by molar-refractivity contribution is -0.151. The van der Waals surface area contributed by atoms with Gasteiger partial charge in [-0.3, -0.25) is 33.6 Å². The first-order chi connectivity index (χ1) is 35.3. The van der Waals surface area contributed by atoms with E-state index in [1.807, 2.05) is 0 Å². The van der Waals surface area contributed by atoms with Crippen molar-refractivity contribution < 1.29 is 79.5 Å². The summed E-state index contributed by atoms with van der Waals surface area (Å²) < 4.78 is 0. The molecule has 3 saturated heterocycles. The predicted molar refractivity (Wildman–Crippen MR) is 267 cm³/mol. The van der Waals surface area contributed by atoms with Crippen LogP contribution in [0.25, 0.3) is 0 Å². The van der Waals surface area contributed by atoms with Gasteiger partial charge in [-0.05, 0) is 62.6 Å². The van der Waals surface area contributed by atoms with Gasteiger partial charge in [-0.15, -0.1) is 0 Å². The number of rotatable bonds is 19. The van der Waals surface area contributed by atoms with Crippen molar-refractivity contribution in [2.45, 2.75) is 209 Å².